The Labute approximate surface area is 141 Å². The first kappa shape index (κ1) is 17.6. The number of aromatic nitrogens is 2. The highest BCUT2D eigenvalue weighted by atomic mass is 32.2. The van der Waals surface area contributed by atoms with Gasteiger partial charge in [0.05, 0.1) is 35.5 Å². The molecule has 2 aromatic rings. The molecule has 0 radical (unpaired) electrons. The molecule has 0 atom stereocenters. The minimum atomic E-state index is -0.319. The third-order valence-corrected chi connectivity index (χ3v) is 4.77. The standard InChI is InChI=1S/C17H23N3O2S/c1-4-14-16(15(5-2)20(19-14)11-10-18)23-13-8-6-12(7-9-13)17(21)22-3/h6-9H,4-5,10-11,18H2,1-3H3. The lowest BCUT2D eigenvalue weighted by atomic mass is 10.2. The average Bonchev–Trinajstić information content (AvgIpc) is 2.91. The van der Waals surface area contributed by atoms with E-state index in [1.54, 1.807) is 23.9 Å². The Morgan fingerprint density at radius 3 is 2.48 bits per heavy atom. The van der Waals surface area contributed by atoms with E-state index in [0.29, 0.717) is 12.1 Å². The number of nitrogens with zero attached hydrogens (tertiary/aromatic N) is 2. The Balaban J connectivity index is 2.29. The second-order valence-corrected chi connectivity index (χ2v) is 6.14. The number of esters is 1. The number of carbonyl (C=O) groups is 1. The van der Waals surface area contributed by atoms with Gasteiger partial charge in [0.1, 0.15) is 0 Å². The van der Waals surface area contributed by atoms with E-state index in [1.165, 1.54) is 17.7 Å². The summed E-state index contributed by atoms with van der Waals surface area (Å²) < 4.78 is 6.74. The van der Waals surface area contributed by atoms with Crippen LogP contribution in [0.25, 0.3) is 0 Å². The summed E-state index contributed by atoms with van der Waals surface area (Å²) in [5.41, 5.74) is 8.55. The Morgan fingerprint density at radius 1 is 1.26 bits per heavy atom. The van der Waals surface area contributed by atoms with Gasteiger partial charge < -0.3 is 10.5 Å². The summed E-state index contributed by atoms with van der Waals surface area (Å²) in [6, 6.07) is 7.46. The van der Waals surface area contributed by atoms with Crippen LogP contribution in [0, 0.1) is 0 Å². The molecule has 1 aromatic heterocycles. The van der Waals surface area contributed by atoms with Gasteiger partial charge in [-0.1, -0.05) is 25.6 Å². The van der Waals surface area contributed by atoms with Gasteiger partial charge in [-0.2, -0.15) is 5.10 Å². The predicted octanol–water partition coefficient (Wildman–Crippen LogP) is 2.90. The fraction of sp³-hybridized carbons (Fsp3) is 0.412. The number of ether oxygens (including phenoxy) is 1. The van der Waals surface area contributed by atoms with Crippen molar-refractivity contribution in [3.8, 4) is 0 Å². The molecule has 0 spiro atoms. The maximum atomic E-state index is 11.5. The summed E-state index contributed by atoms with van der Waals surface area (Å²) in [7, 11) is 1.39. The van der Waals surface area contributed by atoms with Crippen molar-refractivity contribution in [2.75, 3.05) is 13.7 Å². The highest BCUT2D eigenvalue weighted by molar-refractivity contribution is 7.99. The van der Waals surface area contributed by atoms with E-state index in [-0.39, 0.29) is 5.97 Å². The zero-order valence-electron chi connectivity index (χ0n) is 13.8. The minimum absolute atomic E-state index is 0.319. The summed E-state index contributed by atoms with van der Waals surface area (Å²) in [5, 5.41) is 4.69. The summed E-state index contributed by atoms with van der Waals surface area (Å²) in [5.74, 6) is -0.319. The van der Waals surface area contributed by atoms with E-state index < -0.39 is 0 Å². The number of carbonyl (C=O) groups excluding carboxylic acids is 1. The molecule has 6 heteroatoms. The Kier molecular flexibility index (Phi) is 6.24. The van der Waals surface area contributed by atoms with E-state index in [4.69, 9.17) is 10.5 Å². The van der Waals surface area contributed by atoms with Gasteiger partial charge in [0.15, 0.2) is 0 Å². The fourth-order valence-corrected chi connectivity index (χ4v) is 3.61. The smallest absolute Gasteiger partial charge is 0.337 e. The normalized spacial score (nSPS) is 10.8. The van der Waals surface area contributed by atoms with Crippen LogP contribution in [0.5, 0.6) is 0 Å². The SMILES string of the molecule is CCc1nn(CCN)c(CC)c1Sc1ccc(C(=O)OC)cc1. The first-order valence-corrected chi connectivity index (χ1v) is 8.61. The van der Waals surface area contributed by atoms with E-state index in [1.807, 2.05) is 16.8 Å². The van der Waals surface area contributed by atoms with Crippen LogP contribution in [0.15, 0.2) is 34.1 Å². The van der Waals surface area contributed by atoms with Crippen LogP contribution in [0.4, 0.5) is 0 Å². The van der Waals surface area contributed by atoms with Crippen molar-refractivity contribution in [3.05, 3.63) is 41.2 Å². The Morgan fingerprint density at radius 2 is 1.96 bits per heavy atom. The third kappa shape index (κ3) is 3.95. The molecular formula is C17H23N3O2S. The van der Waals surface area contributed by atoms with Gasteiger partial charge in [-0.05, 0) is 37.1 Å². The van der Waals surface area contributed by atoms with Gasteiger partial charge in [-0.15, -0.1) is 0 Å². The van der Waals surface area contributed by atoms with Crippen molar-refractivity contribution in [1.29, 1.82) is 0 Å². The molecule has 1 heterocycles. The van der Waals surface area contributed by atoms with Gasteiger partial charge in [-0.3, -0.25) is 4.68 Å². The van der Waals surface area contributed by atoms with Crippen molar-refractivity contribution in [2.24, 2.45) is 5.73 Å². The molecule has 5 nitrogen and oxygen atoms in total. The zero-order chi connectivity index (χ0) is 16.8. The number of benzene rings is 1. The molecule has 2 rings (SSSR count). The first-order chi connectivity index (χ1) is 11.1. The lowest BCUT2D eigenvalue weighted by Gasteiger charge is -2.07. The lowest BCUT2D eigenvalue weighted by Crippen LogP contribution is -2.13. The van der Waals surface area contributed by atoms with E-state index >= 15 is 0 Å². The largest absolute Gasteiger partial charge is 0.465 e. The quantitative estimate of drug-likeness (QED) is 0.789. The van der Waals surface area contributed by atoms with Gasteiger partial charge in [0, 0.05) is 11.4 Å². The fourth-order valence-electron chi connectivity index (χ4n) is 2.43. The van der Waals surface area contributed by atoms with Gasteiger partial charge in [0.2, 0.25) is 0 Å². The maximum Gasteiger partial charge on any atom is 0.337 e. The molecule has 0 bridgehead atoms. The highest BCUT2D eigenvalue weighted by Crippen LogP contribution is 2.34. The van der Waals surface area contributed by atoms with Crippen LogP contribution < -0.4 is 5.73 Å². The van der Waals surface area contributed by atoms with Gasteiger partial charge in [0.25, 0.3) is 0 Å². The number of rotatable bonds is 7. The van der Waals surface area contributed by atoms with Crippen LogP contribution in [-0.4, -0.2) is 29.4 Å². The molecular weight excluding hydrogens is 310 g/mol. The molecule has 124 valence electrons. The summed E-state index contributed by atoms with van der Waals surface area (Å²) in [6.07, 6.45) is 1.79. The number of aryl methyl sites for hydroxylation is 1. The molecule has 1 aromatic carbocycles. The van der Waals surface area contributed by atoms with Gasteiger partial charge >= 0.3 is 5.97 Å². The van der Waals surface area contributed by atoms with Crippen LogP contribution in [0.2, 0.25) is 0 Å². The monoisotopic (exact) mass is 333 g/mol. The number of methoxy groups -OCH3 is 1. The Hall–Kier alpha value is -1.79. The molecule has 0 unspecified atom stereocenters. The van der Waals surface area contributed by atoms with Crippen molar-refractivity contribution in [2.45, 2.75) is 43.0 Å². The molecule has 0 aliphatic heterocycles. The summed E-state index contributed by atoms with van der Waals surface area (Å²) in [6.45, 7) is 5.56. The molecule has 0 saturated heterocycles. The maximum absolute atomic E-state index is 11.5. The summed E-state index contributed by atoms with van der Waals surface area (Å²) in [4.78, 5) is 13.8. The molecule has 0 amide bonds. The van der Waals surface area contributed by atoms with E-state index in [0.717, 1.165) is 30.0 Å². The summed E-state index contributed by atoms with van der Waals surface area (Å²) >= 11 is 1.69. The minimum Gasteiger partial charge on any atom is -0.465 e. The van der Waals surface area contributed by atoms with Gasteiger partial charge in [-0.25, -0.2) is 4.79 Å². The Bertz CT molecular complexity index is 665. The molecule has 0 saturated carbocycles. The van der Waals surface area contributed by atoms with Crippen molar-refractivity contribution < 1.29 is 9.53 Å². The zero-order valence-corrected chi connectivity index (χ0v) is 14.7. The topological polar surface area (TPSA) is 70.1 Å². The van der Waals surface area contributed by atoms with Crippen LogP contribution >= 0.6 is 11.8 Å². The van der Waals surface area contributed by atoms with Crippen LogP contribution in [0.1, 0.15) is 35.6 Å². The van der Waals surface area contributed by atoms with Crippen molar-refractivity contribution in [3.63, 3.8) is 0 Å². The number of hydrogen-bond acceptors (Lipinski definition) is 5. The molecule has 0 fully saturated rings. The average molecular weight is 333 g/mol. The highest BCUT2D eigenvalue weighted by Gasteiger charge is 2.16. The predicted molar refractivity (Wildman–Crippen MR) is 91.9 cm³/mol. The molecule has 0 aliphatic rings. The second-order valence-electron chi connectivity index (χ2n) is 5.06. The van der Waals surface area contributed by atoms with Crippen LogP contribution in [0.3, 0.4) is 0 Å². The number of hydrogen-bond donors (Lipinski definition) is 1. The number of nitrogens with two attached hydrogens (primary N) is 1. The van der Waals surface area contributed by atoms with Crippen molar-refractivity contribution >= 4 is 17.7 Å². The molecule has 0 aliphatic carbocycles. The lowest BCUT2D eigenvalue weighted by molar-refractivity contribution is 0.0600. The first-order valence-electron chi connectivity index (χ1n) is 7.79. The van der Waals surface area contributed by atoms with Crippen LogP contribution in [-0.2, 0) is 24.1 Å². The van der Waals surface area contributed by atoms with E-state index in [9.17, 15) is 4.79 Å². The van der Waals surface area contributed by atoms with E-state index in [2.05, 4.69) is 18.9 Å². The molecule has 2 N–H and O–H groups in total. The third-order valence-electron chi connectivity index (χ3n) is 3.58. The molecule has 23 heavy (non-hydrogen) atoms. The van der Waals surface area contributed by atoms with Crippen molar-refractivity contribution in [1.82, 2.24) is 9.78 Å². The second kappa shape index (κ2) is 8.17.